The molecule has 0 unspecified atom stereocenters. The third-order valence-corrected chi connectivity index (χ3v) is 7.37. The van der Waals surface area contributed by atoms with Crippen LogP contribution in [0.4, 0.5) is 0 Å². The smallest absolute Gasteiger partial charge is 0.220 e. The number of rotatable bonds is 10. The standard InChI is InChI=1S/C28H27N5O4S/c1-18-9-11-24(13-19(18)2)33-20(3)30-31-28(33)38-27(16-32(34)35)21-10-12-25(26(14-21)36-4)37-17-23-8-6-5-7-22(23)15-29/h5-14,27H,16-17H2,1-4H3/t27-/m1/s1. The minimum Gasteiger partial charge on any atom is -0.493 e. The molecule has 0 aliphatic heterocycles. The van der Waals surface area contributed by atoms with Crippen molar-refractivity contribution in [2.75, 3.05) is 13.7 Å². The highest BCUT2D eigenvalue weighted by molar-refractivity contribution is 7.99. The Morgan fingerprint density at radius 1 is 1.05 bits per heavy atom. The molecule has 0 aliphatic carbocycles. The molecule has 194 valence electrons. The SMILES string of the molecule is COc1cc([C@@H](C[N+](=O)[O-])Sc2nnc(C)n2-c2ccc(C)c(C)c2)ccc1OCc1ccccc1C#N. The number of nitrogens with zero attached hydrogens (tertiary/aromatic N) is 5. The topological polar surface area (TPSA) is 116 Å². The molecule has 0 fully saturated rings. The average molecular weight is 530 g/mol. The molecule has 0 saturated heterocycles. The largest absolute Gasteiger partial charge is 0.493 e. The van der Waals surface area contributed by atoms with Gasteiger partial charge in [-0.3, -0.25) is 14.7 Å². The van der Waals surface area contributed by atoms with Gasteiger partial charge in [-0.15, -0.1) is 10.2 Å². The summed E-state index contributed by atoms with van der Waals surface area (Å²) in [4.78, 5) is 11.3. The number of nitriles is 1. The lowest BCUT2D eigenvalue weighted by Crippen LogP contribution is -2.11. The summed E-state index contributed by atoms with van der Waals surface area (Å²) in [5, 5.41) is 29.5. The van der Waals surface area contributed by atoms with Crippen LogP contribution >= 0.6 is 11.8 Å². The Balaban J connectivity index is 1.62. The van der Waals surface area contributed by atoms with Gasteiger partial charge in [0.15, 0.2) is 16.7 Å². The van der Waals surface area contributed by atoms with Crippen LogP contribution in [0.25, 0.3) is 5.69 Å². The molecule has 0 spiro atoms. The second-order valence-electron chi connectivity index (χ2n) is 8.72. The number of aryl methyl sites for hydroxylation is 3. The lowest BCUT2D eigenvalue weighted by Gasteiger charge is -2.17. The minimum atomic E-state index is -0.554. The Morgan fingerprint density at radius 3 is 2.55 bits per heavy atom. The van der Waals surface area contributed by atoms with Crippen LogP contribution in [0, 0.1) is 42.2 Å². The molecule has 4 aromatic rings. The van der Waals surface area contributed by atoms with Crippen LogP contribution < -0.4 is 9.47 Å². The van der Waals surface area contributed by atoms with Crippen LogP contribution in [-0.2, 0) is 6.61 Å². The molecular weight excluding hydrogens is 502 g/mol. The van der Waals surface area contributed by atoms with Crippen LogP contribution in [0.3, 0.4) is 0 Å². The summed E-state index contributed by atoms with van der Waals surface area (Å²) in [6.45, 7) is 5.81. The molecule has 1 aromatic heterocycles. The number of ether oxygens (including phenoxy) is 2. The minimum absolute atomic E-state index is 0.185. The Morgan fingerprint density at radius 2 is 1.84 bits per heavy atom. The van der Waals surface area contributed by atoms with Crippen molar-refractivity contribution < 1.29 is 14.4 Å². The second kappa shape index (κ2) is 11.8. The van der Waals surface area contributed by atoms with Crippen molar-refractivity contribution in [2.45, 2.75) is 37.8 Å². The molecule has 38 heavy (non-hydrogen) atoms. The first kappa shape index (κ1) is 26.7. The van der Waals surface area contributed by atoms with E-state index in [0.29, 0.717) is 33.6 Å². The van der Waals surface area contributed by atoms with Crippen molar-refractivity contribution in [3.63, 3.8) is 0 Å². The Kier molecular flexibility index (Phi) is 8.28. The van der Waals surface area contributed by atoms with E-state index in [4.69, 9.17) is 9.47 Å². The van der Waals surface area contributed by atoms with E-state index in [-0.39, 0.29) is 18.1 Å². The number of hydrogen-bond acceptors (Lipinski definition) is 8. The predicted octanol–water partition coefficient (Wildman–Crippen LogP) is 5.76. The molecule has 0 saturated carbocycles. The number of aromatic nitrogens is 3. The van der Waals surface area contributed by atoms with Crippen molar-refractivity contribution >= 4 is 11.8 Å². The van der Waals surface area contributed by atoms with Gasteiger partial charge in [0, 0.05) is 16.2 Å². The summed E-state index contributed by atoms with van der Waals surface area (Å²) >= 11 is 1.28. The zero-order chi connectivity index (χ0) is 27.2. The highest BCUT2D eigenvalue weighted by Gasteiger charge is 2.25. The Labute approximate surface area is 225 Å². The van der Waals surface area contributed by atoms with Gasteiger partial charge >= 0.3 is 0 Å². The molecule has 4 rings (SSSR count). The van der Waals surface area contributed by atoms with E-state index in [1.807, 2.05) is 49.6 Å². The first-order valence-corrected chi connectivity index (χ1v) is 12.8. The summed E-state index contributed by atoms with van der Waals surface area (Å²) in [5.74, 6) is 1.61. The van der Waals surface area contributed by atoms with E-state index >= 15 is 0 Å². The third kappa shape index (κ3) is 5.95. The molecule has 10 heteroatoms. The Hall–Kier alpha value is -4.36. The van der Waals surface area contributed by atoms with Gasteiger partial charge in [-0.05, 0) is 67.8 Å². The lowest BCUT2D eigenvalue weighted by molar-refractivity contribution is -0.479. The normalized spacial score (nSPS) is 11.6. The van der Waals surface area contributed by atoms with Crippen molar-refractivity contribution in [1.82, 2.24) is 14.8 Å². The summed E-state index contributed by atoms with van der Waals surface area (Å²) < 4.78 is 13.4. The third-order valence-electron chi connectivity index (χ3n) is 6.19. The van der Waals surface area contributed by atoms with E-state index in [9.17, 15) is 15.4 Å². The van der Waals surface area contributed by atoms with Gasteiger partial charge in [0.1, 0.15) is 17.7 Å². The summed E-state index contributed by atoms with van der Waals surface area (Å²) in [7, 11) is 1.52. The van der Waals surface area contributed by atoms with Gasteiger partial charge < -0.3 is 9.47 Å². The van der Waals surface area contributed by atoms with Crippen molar-refractivity contribution in [2.24, 2.45) is 0 Å². The first-order valence-electron chi connectivity index (χ1n) is 11.9. The fourth-order valence-corrected chi connectivity index (χ4v) is 5.13. The highest BCUT2D eigenvalue weighted by Crippen LogP contribution is 2.39. The second-order valence-corrected chi connectivity index (χ2v) is 9.89. The van der Waals surface area contributed by atoms with Crippen LogP contribution in [0.5, 0.6) is 11.5 Å². The monoisotopic (exact) mass is 529 g/mol. The first-order chi connectivity index (χ1) is 18.3. The summed E-state index contributed by atoms with van der Waals surface area (Å²) in [6, 6.07) is 20.7. The quantitative estimate of drug-likeness (QED) is 0.145. The number of methoxy groups -OCH3 is 1. The molecule has 0 amide bonds. The van der Waals surface area contributed by atoms with Crippen LogP contribution in [0.2, 0.25) is 0 Å². The fourth-order valence-electron chi connectivity index (χ4n) is 3.97. The van der Waals surface area contributed by atoms with Crippen LogP contribution in [0.15, 0.2) is 65.8 Å². The number of thioether (sulfide) groups is 1. The van der Waals surface area contributed by atoms with E-state index in [2.05, 4.69) is 22.3 Å². The molecule has 0 bridgehead atoms. The molecule has 1 atom stereocenters. The zero-order valence-corrected chi connectivity index (χ0v) is 22.4. The summed E-state index contributed by atoms with van der Waals surface area (Å²) in [5.41, 5.74) is 5.19. The average Bonchev–Trinajstić information content (AvgIpc) is 3.28. The molecule has 3 aromatic carbocycles. The van der Waals surface area contributed by atoms with Crippen LogP contribution in [-0.4, -0.2) is 33.3 Å². The summed E-state index contributed by atoms with van der Waals surface area (Å²) in [6.07, 6.45) is 0. The number of benzene rings is 3. The maximum atomic E-state index is 11.6. The van der Waals surface area contributed by atoms with Crippen molar-refractivity contribution in [1.29, 1.82) is 5.26 Å². The zero-order valence-electron chi connectivity index (χ0n) is 21.5. The van der Waals surface area contributed by atoms with E-state index < -0.39 is 5.25 Å². The van der Waals surface area contributed by atoms with Gasteiger partial charge in [-0.2, -0.15) is 5.26 Å². The lowest BCUT2D eigenvalue weighted by atomic mass is 10.1. The highest BCUT2D eigenvalue weighted by atomic mass is 32.2. The van der Waals surface area contributed by atoms with Crippen molar-refractivity contribution in [3.8, 4) is 23.3 Å². The number of hydrogen-bond donors (Lipinski definition) is 0. The molecule has 0 aliphatic rings. The predicted molar refractivity (Wildman–Crippen MR) is 145 cm³/mol. The number of nitro groups is 1. The molecule has 1 heterocycles. The van der Waals surface area contributed by atoms with E-state index in [1.54, 1.807) is 30.3 Å². The van der Waals surface area contributed by atoms with E-state index in [0.717, 1.165) is 16.8 Å². The molecule has 0 N–H and O–H groups in total. The van der Waals surface area contributed by atoms with Gasteiger partial charge in [0.05, 0.1) is 18.7 Å². The van der Waals surface area contributed by atoms with Crippen molar-refractivity contribution in [3.05, 3.63) is 104 Å². The Bertz CT molecular complexity index is 1510. The van der Waals surface area contributed by atoms with Gasteiger partial charge in [-0.1, -0.05) is 42.1 Å². The van der Waals surface area contributed by atoms with Gasteiger partial charge in [0.2, 0.25) is 6.54 Å². The van der Waals surface area contributed by atoms with E-state index in [1.165, 1.54) is 24.4 Å². The molecular formula is C28H27N5O4S. The molecule has 0 radical (unpaired) electrons. The van der Waals surface area contributed by atoms with Gasteiger partial charge in [-0.25, -0.2) is 0 Å². The maximum Gasteiger partial charge on any atom is 0.220 e. The fraction of sp³-hybridized carbons (Fsp3) is 0.250. The van der Waals surface area contributed by atoms with Crippen LogP contribution in [0.1, 0.15) is 38.9 Å². The van der Waals surface area contributed by atoms with Gasteiger partial charge in [0.25, 0.3) is 0 Å². The maximum absolute atomic E-state index is 11.6. The molecule has 9 nitrogen and oxygen atoms in total.